The molecule has 0 spiro atoms. The van der Waals surface area contributed by atoms with E-state index >= 15 is 0 Å². The molecule has 0 aromatic carbocycles. The van der Waals surface area contributed by atoms with Crippen molar-refractivity contribution in [2.45, 2.75) is 32.1 Å². The second-order valence-electron chi connectivity index (χ2n) is 3.26. The summed E-state index contributed by atoms with van der Waals surface area (Å²) in [4.78, 5) is 11.4. The van der Waals surface area contributed by atoms with Crippen LogP contribution in [0, 0.1) is 0 Å². The van der Waals surface area contributed by atoms with Gasteiger partial charge in [-0.15, -0.1) is 0 Å². The van der Waals surface area contributed by atoms with Crippen molar-refractivity contribution in [3.63, 3.8) is 0 Å². The highest BCUT2D eigenvalue weighted by Gasteiger charge is 2.34. The summed E-state index contributed by atoms with van der Waals surface area (Å²) in [7, 11) is 0. The van der Waals surface area contributed by atoms with E-state index in [9.17, 15) is 4.79 Å². The van der Waals surface area contributed by atoms with Crippen LogP contribution in [-0.2, 0) is 14.3 Å². The lowest BCUT2D eigenvalue weighted by Gasteiger charge is -2.16. The van der Waals surface area contributed by atoms with Crippen LogP contribution in [0.25, 0.3) is 0 Å². The van der Waals surface area contributed by atoms with Crippen LogP contribution in [0.15, 0.2) is 0 Å². The van der Waals surface area contributed by atoms with Crippen molar-refractivity contribution >= 4 is 5.91 Å². The molecule has 1 heterocycles. The third-order valence-corrected chi connectivity index (χ3v) is 1.74. The predicted octanol–water partition coefficient (Wildman–Crippen LogP) is -0.755. The van der Waals surface area contributed by atoms with E-state index in [1.165, 1.54) is 0 Å². The summed E-state index contributed by atoms with van der Waals surface area (Å²) >= 11 is 0. The van der Waals surface area contributed by atoms with E-state index in [4.69, 9.17) is 14.6 Å². The first-order valence-electron chi connectivity index (χ1n) is 4.29. The highest BCUT2D eigenvalue weighted by molar-refractivity contribution is 5.81. The maximum atomic E-state index is 11.4. The van der Waals surface area contributed by atoms with Gasteiger partial charge in [-0.3, -0.25) is 4.79 Å². The fourth-order valence-corrected chi connectivity index (χ4v) is 1.15. The third kappa shape index (κ3) is 2.65. The first kappa shape index (κ1) is 10.4. The molecule has 1 aliphatic heterocycles. The summed E-state index contributed by atoms with van der Waals surface area (Å²) in [6.07, 6.45) is -1.20. The van der Waals surface area contributed by atoms with Gasteiger partial charge in [-0.1, -0.05) is 0 Å². The Kier molecular flexibility index (Phi) is 3.65. The zero-order chi connectivity index (χ0) is 9.84. The Morgan fingerprint density at radius 3 is 2.85 bits per heavy atom. The van der Waals surface area contributed by atoms with E-state index < -0.39 is 12.2 Å². The molecule has 1 amide bonds. The quantitative estimate of drug-likeness (QED) is 0.612. The SMILES string of the molecule is CC(C)NC(=O)[C@@H]1OCO[C@@H]1CO. The van der Waals surface area contributed by atoms with E-state index in [-0.39, 0.29) is 25.3 Å². The lowest BCUT2D eigenvalue weighted by molar-refractivity contribution is -0.131. The number of ether oxygens (including phenoxy) is 2. The molecule has 0 saturated carbocycles. The molecule has 1 saturated heterocycles. The van der Waals surface area contributed by atoms with Crippen LogP contribution in [-0.4, -0.2) is 42.7 Å². The molecule has 0 aliphatic carbocycles. The van der Waals surface area contributed by atoms with E-state index in [1.807, 2.05) is 13.8 Å². The molecule has 0 aromatic heterocycles. The normalized spacial score (nSPS) is 28.0. The molecule has 2 N–H and O–H groups in total. The van der Waals surface area contributed by atoms with Crippen molar-refractivity contribution in [1.82, 2.24) is 5.32 Å². The second kappa shape index (κ2) is 4.55. The van der Waals surface area contributed by atoms with E-state index in [1.54, 1.807) is 0 Å². The molecule has 13 heavy (non-hydrogen) atoms. The number of hydrogen-bond donors (Lipinski definition) is 2. The third-order valence-electron chi connectivity index (χ3n) is 1.74. The zero-order valence-electron chi connectivity index (χ0n) is 7.82. The van der Waals surface area contributed by atoms with Crippen LogP contribution in [0.2, 0.25) is 0 Å². The first-order valence-corrected chi connectivity index (χ1v) is 4.29. The lowest BCUT2D eigenvalue weighted by Crippen LogP contribution is -2.44. The van der Waals surface area contributed by atoms with Gasteiger partial charge in [0.25, 0.3) is 5.91 Å². The van der Waals surface area contributed by atoms with Gasteiger partial charge in [-0.05, 0) is 13.8 Å². The minimum absolute atomic E-state index is 0.0658. The minimum atomic E-state index is -0.674. The number of carbonyl (C=O) groups excluding carboxylic acids is 1. The van der Waals surface area contributed by atoms with E-state index in [2.05, 4.69) is 5.32 Å². The second-order valence-corrected chi connectivity index (χ2v) is 3.26. The van der Waals surface area contributed by atoms with Gasteiger partial charge in [0.15, 0.2) is 6.10 Å². The highest BCUT2D eigenvalue weighted by atomic mass is 16.7. The van der Waals surface area contributed by atoms with Gasteiger partial charge in [0.05, 0.1) is 6.61 Å². The van der Waals surface area contributed by atoms with Gasteiger partial charge in [0.1, 0.15) is 12.9 Å². The Bertz CT molecular complexity index is 183. The van der Waals surface area contributed by atoms with Crippen molar-refractivity contribution in [2.24, 2.45) is 0 Å². The van der Waals surface area contributed by atoms with Gasteiger partial charge < -0.3 is 19.9 Å². The Hall–Kier alpha value is -0.650. The van der Waals surface area contributed by atoms with Crippen molar-refractivity contribution in [3.05, 3.63) is 0 Å². The monoisotopic (exact) mass is 189 g/mol. The van der Waals surface area contributed by atoms with Gasteiger partial charge in [0.2, 0.25) is 0 Å². The average molecular weight is 189 g/mol. The zero-order valence-corrected chi connectivity index (χ0v) is 7.82. The number of carbonyl (C=O) groups is 1. The number of amides is 1. The molecule has 2 atom stereocenters. The molecule has 0 aromatic rings. The molecule has 1 fully saturated rings. The number of nitrogens with one attached hydrogen (secondary N) is 1. The average Bonchev–Trinajstić information content (AvgIpc) is 2.49. The van der Waals surface area contributed by atoms with Crippen LogP contribution < -0.4 is 5.32 Å². The Labute approximate surface area is 77.0 Å². The molecular formula is C8H15NO4. The smallest absolute Gasteiger partial charge is 0.252 e. The maximum Gasteiger partial charge on any atom is 0.252 e. The van der Waals surface area contributed by atoms with E-state index in [0.717, 1.165) is 0 Å². The summed E-state index contributed by atoms with van der Waals surface area (Å²) in [5.41, 5.74) is 0. The molecule has 1 aliphatic rings. The summed E-state index contributed by atoms with van der Waals surface area (Å²) in [6, 6.07) is 0.0658. The largest absolute Gasteiger partial charge is 0.394 e. The Morgan fingerprint density at radius 1 is 1.62 bits per heavy atom. The summed E-state index contributed by atoms with van der Waals surface area (Å²) in [5.74, 6) is -0.230. The van der Waals surface area contributed by atoms with Crippen LogP contribution in [0.5, 0.6) is 0 Å². The molecule has 0 unspecified atom stereocenters. The van der Waals surface area contributed by atoms with Crippen LogP contribution in [0.1, 0.15) is 13.8 Å². The molecule has 0 radical (unpaired) electrons. The van der Waals surface area contributed by atoms with Gasteiger partial charge in [-0.25, -0.2) is 0 Å². The van der Waals surface area contributed by atoms with Crippen molar-refractivity contribution in [1.29, 1.82) is 0 Å². The summed E-state index contributed by atoms with van der Waals surface area (Å²) < 4.78 is 10.0. The molecular weight excluding hydrogens is 174 g/mol. The molecule has 5 nitrogen and oxygen atoms in total. The molecule has 0 bridgehead atoms. The fourth-order valence-electron chi connectivity index (χ4n) is 1.15. The van der Waals surface area contributed by atoms with Crippen LogP contribution in [0.3, 0.4) is 0 Å². The molecule has 1 rings (SSSR count). The van der Waals surface area contributed by atoms with Crippen LogP contribution in [0.4, 0.5) is 0 Å². The Balaban J connectivity index is 2.45. The van der Waals surface area contributed by atoms with Gasteiger partial charge in [-0.2, -0.15) is 0 Å². The van der Waals surface area contributed by atoms with E-state index in [0.29, 0.717) is 0 Å². The fraction of sp³-hybridized carbons (Fsp3) is 0.875. The number of aliphatic hydroxyl groups is 1. The topological polar surface area (TPSA) is 67.8 Å². The van der Waals surface area contributed by atoms with Crippen molar-refractivity contribution in [3.8, 4) is 0 Å². The summed E-state index contributed by atoms with van der Waals surface area (Å²) in [5, 5.41) is 11.5. The van der Waals surface area contributed by atoms with Crippen LogP contribution >= 0.6 is 0 Å². The number of hydrogen-bond acceptors (Lipinski definition) is 4. The maximum absolute atomic E-state index is 11.4. The number of aliphatic hydroxyl groups excluding tert-OH is 1. The van der Waals surface area contributed by atoms with Gasteiger partial charge >= 0.3 is 0 Å². The van der Waals surface area contributed by atoms with Crippen molar-refractivity contribution in [2.75, 3.05) is 13.4 Å². The molecule has 76 valence electrons. The lowest BCUT2D eigenvalue weighted by atomic mass is 10.2. The highest BCUT2D eigenvalue weighted by Crippen LogP contribution is 2.12. The standard InChI is InChI=1S/C8H15NO4/c1-5(2)9-8(11)7-6(3-10)12-4-13-7/h5-7,10H,3-4H2,1-2H3,(H,9,11)/t6-,7-/m1/s1. The predicted molar refractivity (Wildman–Crippen MR) is 45.0 cm³/mol. The van der Waals surface area contributed by atoms with Gasteiger partial charge in [0, 0.05) is 6.04 Å². The van der Waals surface area contributed by atoms with Crippen molar-refractivity contribution < 1.29 is 19.4 Å². The minimum Gasteiger partial charge on any atom is -0.394 e. The number of rotatable bonds is 3. The molecule has 5 heteroatoms. The Morgan fingerprint density at radius 2 is 2.31 bits per heavy atom. The summed E-state index contributed by atoms with van der Waals surface area (Å²) in [6.45, 7) is 3.60. The first-order chi connectivity index (χ1) is 6.15.